The van der Waals surface area contributed by atoms with E-state index in [0.717, 1.165) is 0 Å². The largest absolute Gasteiger partial charge is 0.464 e. The Morgan fingerprint density at radius 2 is 2.08 bits per heavy atom. The number of ether oxygens (including phenoxy) is 1. The van der Waals surface area contributed by atoms with Crippen LogP contribution in [0.2, 0.25) is 0 Å². The second kappa shape index (κ2) is 5.56. The van der Waals surface area contributed by atoms with Gasteiger partial charge in [0, 0.05) is 6.42 Å². The van der Waals surface area contributed by atoms with Crippen LogP contribution in [0.3, 0.4) is 0 Å². The van der Waals surface area contributed by atoms with Gasteiger partial charge in [-0.25, -0.2) is 9.79 Å². The minimum absolute atomic E-state index is 0.0380. The van der Waals surface area contributed by atoms with Crippen molar-refractivity contribution in [3.8, 4) is 0 Å². The van der Waals surface area contributed by atoms with Crippen molar-refractivity contribution >= 4 is 11.9 Å². The first-order valence-electron chi connectivity index (χ1n) is 4.34. The molecule has 0 fully saturated rings. The van der Waals surface area contributed by atoms with Crippen LogP contribution < -0.4 is 4.99 Å². The van der Waals surface area contributed by atoms with Crippen molar-refractivity contribution in [1.29, 1.82) is 0 Å². The highest BCUT2D eigenvalue weighted by Gasteiger charge is 2.25. The molecule has 0 saturated carbocycles. The molecular formula is C9H18NO3+. The van der Waals surface area contributed by atoms with Crippen molar-refractivity contribution in [3.05, 3.63) is 0 Å². The predicted molar refractivity (Wildman–Crippen MR) is 49.5 cm³/mol. The highest BCUT2D eigenvalue weighted by atomic mass is 16.5. The Bertz CT molecular complexity index is 195. The number of esters is 1. The van der Waals surface area contributed by atoms with Gasteiger partial charge in [0.1, 0.15) is 0 Å². The van der Waals surface area contributed by atoms with E-state index in [4.69, 9.17) is 5.11 Å². The Labute approximate surface area is 78.6 Å². The van der Waals surface area contributed by atoms with Gasteiger partial charge in [0.25, 0.3) is 6.04 Å². The molecule has 0 bridgehead atoms. The first kappa shape index (κ1) is 11.9. The standard InChI is InChI=1S/C9H17NO3/c1-6(2)5-8(9(12)13-4)10-7(3)11/h6,8H,5H2,1-4H3,(H,10,11)/p+1/t8-/m0/s1. The van der Waals surface area contributed by atoms with Crippen LogP contribution in [0.25, 0.3) is 0 Å². The summed E-state index contributed by atoms with van der Waals surface area (Å²) in [6.07, 6.45) is 0.643. The molecule has 0 aliphatic carbocycles. The second-order valence-electron chi connectivity index (χ2n) is 3.44. The van der Waals surface area contributed by atoms with E-state index >= 15 is 0 Å². The van der Waals surface area contributed by atoms with Gasteiger partial charge in [-0.15, -0.1) is 0 Å². The van der Waals surface area contributed by atoms with E-state index in [2.05, 4.69) is 9.73 Å². The second-order valence-corrected chi connectivity index (χ2v) is 3.44. The van der Waals surface area contributed by atoms with Gasteiger partial charge in [0.05, 0.1) is 14.0 Å². The number of methoxy groups -OCH3 is 1. The highest BCUT2D eigenvalue weighted by Crippen LogP contribution is 2.02. The van der Waals surface area contributed by atoms with Gasteiger partial charge >= 0.3 is 11.9 Å². The molecule has 4 nitrogen and oxygen atoms in total. The van der Waals surface area contributed by atoms with Gasteiger partial charge in [0.15, 0.2) is 0 Å². The van der Waals surface area contributed by atoms with E-state index in [1.807, 2.05) is 13.8 Å². The molecule has 4 heteroatoms. The summed E-state index contributed by atoms with van der Waals surface area (Å²) < 4.78 is 4.59. The zero-order valence-electron chi connectivity index (χ0n) is 8.63. The fourth-order valence-electron chi connectivity index (χ4n) is 1.08. The Morgan fingerprint density at radius 1 is 1.54 bits per heavy atom. The SMILES string of the molecule is COC(=O)[C@H](CC(C)C)[NH+]=C(C)O. The maximum atomic E-state index is 11.2. The van der Waals surface area contributed by atoms with Gasteiger partial charge in [-0.3, -0.25) is 0 Å². The molecule has 0 radical (unpaired) electrons. The third-order valence-corrected chi connectivity index (χ3v) is 1.58. The van der Waals surface area contributed by atoms with E-state index in [1.165, 1.54) is 14.0 Å². The molecule has 0 rings (SSSR count). The van der Waals surface area contributed by atoms with Crippen LogP contribution >= 0.6 is 0 Å². The molecule has 2 N–H and O–H groups in total. The van der Waals surface area contributed by atoms with Crippen LogP contribution in [-0.4, -0.2) is 30.1 Å². The lowest BCUT2D eigenvalue weighted by molar-refractivity contribution is -0.501. The molecule has 76 valence electrons. The zero-order chi connectivity index (χ0) is 10.4. The highest BCUT2D eigenvalue weighted by molar-refractivity contribution is 5.75. The van der Waals surface area contributed by atoms with E-state index in [0.29, 0.717) is 12.3 Å². The van der Waals surface area contributed by atoms with Crippen LogP contribution in [-0.2, 0) is 9.53 Å². The number of rotatable bonds is 4. The van der Waals surface area contributed by atoms with Gasteiger partial charge in [-0.2, -0.15) is 0 Å². The summed E-state index contributed by atoms with van der Waals surface area (Å²) in [5.41, 5.74) is 0. The fourth-order valence-corrected chi connectivity index (χ4v) is 1.08. The molecule has 0 aromatic rings. The van der Waals surface area contributed by atoms with Crippen molar-refractivity contribution in [2.24, 2.45) is 5.92 Å². The number of carbonyl (C=O) groups is 1. The number of hydrogen-bond acceptors (Lipinski definition) is 2. The summed E-state index contributed by atoms with van der Waals surface area (Å²) in [5.74, 6) is 0.0640. The Morgan fingerprint density at radius 3 is 2.38 bits per heavy atom. The minimum atomic E-state index is -0.449. The zero-order valence-corrected chi connectivity index (χ0v) is 8.63. The lowest BCUT2D eigenvalue weighted by Crippen LogP contribution is -2.82. The summed E-state index contributed by atoms with van der Waals surface area (Å²) in [6, 6.07) is -0.449. The summed E-state index contributed by atoms with van der Waals surface area (Å²) in [6.45, 7) is 5.50. The van der Waals surface area contributed by atoms with Gasteiger partial charge in [-0.05, 0) is 5.92 Å². The van der Waals surface area contributed by atoms with E-state index in [9.17, 15) is 4.79 Å². The van der Waals surface area contributed by atoms with E-state index < -0.39 is 6.04 Å². The monoisotopic (exact) mass is 188 g/mol. The number of hydrogen-bond donors (Lipinski definition) is 2. The molecule has 0 unspecified atom stereocenters. The van der Waals surface area contributed by atoms with Crippen molar-refractivity contribution in [3.63, 3.8) is 0 Å². The summed E-state index contributed by atoms with van der Waals surface area (Å²) in [7, 11) is 1.34. The number of carbonyl (C=O) groups excluding carboxylic acids is 1. The molecule has 0 heterocycles. The number of nitrogens with one attached hydrogen (secondary N) is 1. The fraction of sp³-hybridized carbons (Fsp3) is 0.778. The topological polar surface area (TPSA) is 60.5 Å². The maximum Gasteiger partial charge on any atom is 0.375 e. The lowest BCUT2D eigenvalue weighted by Gasteiger charge is -2.07. The smallest absolute Gasteiger partial charge is 0.375 e. The van der Waals surface area contributed by atoms with Crippen molar-refractivity contribution < 1.29 is 19.6 Å². The summed E-state index contributed by atoms with van der Waals surface area (Å²) >= 11 is 0. The molecule has 0 spiro atoms. The molecule has 0 aliphatic rings. The number of aliphatic hydroxyl groups is 1. The Hall–Kier alpha value is -1.06. The average molecular weight is 188 g/mol. The quantitative estimate of drug-likeness (QED) is 0.359. The first-order chi connectivity index (χ1) is 5.97. The van der Waals surface area contributed by atoms with Gasteiger partial charge < -0.3 is 9.84 Å². The molecule has 0 aromatic carbocycles. The lowest BCUT2D eigenvalue weighted by atomic mass is 10.0. The third kappa shape index (κ3) is 5.22. The normalized spacial score (nSPS) is 14.4. The van der Waals surface area contributed by atoms with Crippen molar-refractivity contribution in [2.45, 2.75) is 33.2 Å². The van der Waals surface area contributed by atoms with E-state index in [-0.39, 0.29) is 11.9 Å². The average Bonchev–Trinajstić information content (AvgIpc) is 2.00. The van der Waals surface area contributed by atoms with Gasteiger partial charge in [0.2, 0.25) is 0 Å². The molecule has 0 saturated heterocycles. The van der Waals surface area contributed by atoms with Gasteiger partial charge in [-0.1, -0.05) is 13.8 Å². The summed E-state index contributed by atoms with van der Waals surface area (Å²) in [5, 5.41) is 8.98. The van der Waals surface area contributed by atoms with Crippen LogP contribution in [0.5, 0.6) is 0 Å². The molecule has 13 heavy (non-hydrogen) atoms. The van der Waals surface area contributed by atoms with Crippen molar-refractivity contribution in [1.82, 2.24) is 0 Å². The number of aliphatic hydroxyl groups excluding tert-OH is 1. The van der Waals surface area contributed by atoms with E-state index in [1.54, 1.807) is 0 Å². The van der Waals surface area contributed by atoms with Crippen LogP contribution in [0.4, 0.5) is 0 Å². The van der Waals surface area contributed by atoms with Crippen LogP contribution in [0.15, 0.2) is 0 Å². The Balaban J connectivity index is 4.37. The Kier molecular flexibility index (Phi) is 5.11. The molecular weight excluding hydrogens is 170 g/mol. The van der Waals surface area contributed by atoms with Crippen LogP contribution in [0.1, 0.15) is 27.2 Å². The predicted octanol–water partition coefficient (Wildman–Crippen LogP) is -0.369. The minimum Gasteiger partial charge on any atom is -0.464 e. The maximum absolute atomic E-state index is 11.2. The first-order valence-corrected chi connectivity index (χ1v) is 4.34. The molecule has 0 aliphatic heterocycles. The third-order valence-electron chi connectivity index (χ3n) is 1.58. The molecule has 1 atom stereocenters. The van der Waals surface area contributed by atoms with Crippen molar-refractivity contribution in [2.75, 3.05) is 7.11 Å². The molecule has 0 amide bonds. The van der Waals surface area contributed by atoms with Crippen LogP contribution in [0, 0.1) is 5.92 Å². The summed E-state index contributed by atoms with van der Waals surface area (Å²) in [4.78, 5) is 13.8. The molecule has 0 aromatic heterocycles.